The van der Waals surface area contributed by atoms with Gasteiger partial charge in [0.25, 0.3) is 0 Å². The molecular formula is C12H14F2O2. The predicted molar refractivity (Wildman–Crippen MR) is 56.3 cm³/mol. The summed E-state index contributed by atoms with van der Waals surface area (Å²) in [5.41, 5.74) is -0.642. The Morgan fingerprint density at radius 2 is 1.81 bits per heavy atom. The number of carbonyl (C=O) groups is 1. The van der Waals surface area contributed by atoms with Crippen molar-refractivity contribution in [2.24, 2.45) is 0 Å². The van der Waals surface area contributed by atoms with Gasteiger partial charge in [-0.25, -0.2) is 13.6 Å². The summed E-state index contributed by atoms with van der Waals surface area (Å²) in [5, 5.41) is 0. The van der Waals surface area contributed by atoms with E-state index in [0.717, 1.165) is 6.07 Å². The molecule has 0 unspecified atom stereocenters. The van der Waals surface area contributed by atoms with Crippen LogP contribution in [0.2, 0.25) is 0 Å². The van der Waals surface area contributed by atoms with Crippen LogP contribution in [0.25, 0.3) is 0 Å². The molecule has 0 N–H and O–H groups in total. The fourth-order valence-corrected chi connectivity index (χ4v) is 1.21. The van der Waals surface area contributed by atoms with Gasteiger partial charge >= 0.3 is 5.97 Å². The van der Waals surface area contributed by atoms with E-state index in [2.05, 4.69) is 0 Å². The zero-order valence-corrected chi connectivity index (χ0v) is 9.73. The first-order valence-corrected chi connectivity index (χ1v) is 4.90. The van der Waals surface area contributed by atoms with Gasteiger partial charge in [-0.3, -0.25) is 0 Å². The number of benzene rings is 1. The minimum Gasteiger partial charge on any atom is -0.456 e. The van der Waals surface area contributed by atoms with Crippen LogP contribution in [-0.4, -0.2) is 11.6 Å². The van der Waals surface area contributed by atoms with Crippen molar-refractivity contribution in [1.29, 1.82) is 0 Å². The number of hydrogen-bond acceptors (Lipinski definition) is 2. The third kappa shape index (κ3) is 2.78. The highest BCUT2D eigenvalue weighted by atomic mass is 19.2. The maximum absolute atomic E-state index is 13.2. The van der Waals surface area contributed by atoms with E-state index in [1.165, 1.54) is 13.0 Å². The van der Waals surface area contributed by atoms with E-state index in [1.54, 1.807) is 20.8 Å². The Bertz CT molecular complexity index is 420. The number of carbonyl (C=O) groups excluding carboxylic acids is 1. The Labute approximate surface area is 93.2 Å². The van der Waals surface area contributed by atoms with E-state index >= 15 is 0 Å². The van der Waals surface area contributed by atoms with Gasteiger partial charge in [-0.1, -0.05) is 0 Å². The molecule has 2 nitrogen and oxygen atoms in total. The number of hydrogen-bond donors (Lipinski definition) is 0. The van der Waals surface area contributed by atoms with E-state index in [-0.39, 0.29) is 11.1 Å². The minimum absolute atomic E-state index is 0.0331. The summed E-state index contributed by atoms with van der Waals surface area (Å²) >= 11 is 0. The summed E-state index contributed by atoms with van der Waals surface area (Å²) in [6.45, 7) is 6.47. The Morgan fingerprint density at radius 1 is 1.25 bits per heavy atom. The molecule has 0 bridgehead atoms. The molecule has 16 heavy (non-hydrogen) atoms. The number of halogens is 2. The van der Waals surface area contributed by atoms with Crippen molar-refractivity contribution in [2.45, 2.75) is 33.3 Å². The van der Waals surface area contributed by atoms with Gasteiger partial charge in [0.1, 0.15) is 5.60 Å². The molecule has 4 heteroatoms. The third-order valence-electron chi connectivity index (χ3n) is 1.96. The van der Waals surface area contributed by atoms with Gasteiger partial charge < -0.3 is 4.74 Å². The second-order valence-corrected chi connectivity index (χ2v) is 4.54. The molecule has 0 aromatic heterocycles. The highest BCUT2D eigenvalue weighted by molar-refractivity contribution is 5.91. The molecule has 0 spiro atoms. The number of ether oxygens (including phenoxy) is 1. The molecule has 0 saturated carbocycles. The van der Waals surface area contributed by atoms with Crippen LogP contribution in [0.1, 0.15) is 36.7 Å². The van der Waals surface area contributed by atoms with Crippen molar-refractivity contribution in [3.8, 4) is 0 Å². The largest absolute Gasteiger partial charge is 0.456 e. The Kier molecular flexibility index (Phi) is 3.31. The first-order valence-electron chi connectivity index (χ1n) is 4.90. The fourth-order valence-electron chi connectivity index (χ4n) is 1.21. The Balaban J connectivity index is 3.06. The Hall–Kier alpha value is -1.45. The standard InChI is InChI=1S/C12H14F2O2/c1-7-8(5-6-9(13)10(7)14)11(15)16-12(2,3)4/h5-6H,1-4H3. The maximum atomic E-state index is 13.2. The molecule has 0 amide bonds. The average molecular weight is 228 g/mol. The maximum Gasteiger partial charge on any atom is 0.339 e. The van der Waals surface area contributed by atoms with Crippen molar-refractivity contribution < 1.29 is 18.3 Å². The molecule has 0 aliphatic carbocycles. The lowest BCUT2D eigenvalue weighted by Crippen LogP contribution is -2.24. The van der Waals surface area contributed by atoms with Gasteiger partial charge in [0.15, 0.2) is 11.6 Å². The van der Waals surface area contributed by atoms with Crippen molar-refractivity contribution in [3.05, 3.63) is 34.9 Å². The number of esters is 1. The lowest BCUT2D eigenvalue weighted by Gasteiger charge is -2.20. The van der Waals surface area contributed by atoms with E-state index in [9.17, 15) is 13.6 Å². The lowest BCUT2D eigenvalue weighted by molar-refractivity contribution is 0.00681. The van der Waals surface area contributed by atoms with Crippen LogP contribution in [0.15, 0.2) is 12.1 Å². The van der Waals surface area contributed by atoms with Crippen molar-refractivity contribution >= 4 is 5.97 Å². The van der Waals surface area contributed by atoms with Crippen molar-refractivity contribution in [1.82, 2.24) is 0 Å². The summed E-state index contributed by atoms with van der Waals surface area (Å²) in [7, 11) is 0. The summed E-state index contributed by atoms with van der Waals surface area (Å²) < 4.78 is 31.1. The van der Waals surface area contributed by atoms with Crippen LogP contribution >= 0.6 is 0 Å². The van der Waals surface area contributed by atoms with Gasteiger partial charge in [-0.05, 0) is 39.8 Å². The first kappa shape index (κ1) is 12.6. The highest BCUT2D eigenvalue weighted by Gasteiger charge is 2.21. The van der Waals surface area contributed by atoms with Gasteiger partial charge in [0.2, 0.25) is 0 Å². The molecule has 0 fully saturated rings. The van der Waals surface area contributed by atoms with Gasteiger partial charge in [-0.2, -0.15) is 0 Å². The van der Waals surface area contributed by atoms with Gasteiger partial charge in [0, 0.05) is 5.56 Å². The van der Waals surface area contributed by atoms with Crippen molar-refractivity contribution in [2.75, 3.05) is 0 Å². The van der Waals surface area contributed by atoms with Crippen LogP contribution < -0.4 is 0 Å². The smallest absolute Gasteiger partial charge is 0.339 e. The van der Waals surface area contributed by atoms with Gasteiger partial charge in [0.05, 0.1) is 5.56 Å². The summed E-state index contributed by atoms with van der Waals surface area (Å²) in [5.74, 6) is -2.63. The molecule has 0 radical (unpaired) electrons. The topological polar surface area (TPSA) is 26.3 Å². The first-order chi connectivity index (χ1) is 7.22. The predicted octanol–water partition coefficient (Wildman–Crippen LogP) is 3.23. The zero-order chi connectivity index (χ0) is 12.5. The van der Waals surface area contributed by atoms with E-state index in [4.69, 9.17) is 4.74 Å². The van der Waals surface area contributed by atoms with Crippen LogP contribution in [0.5, 0.6) is 0 Å². The van der Waals surface area contributed by atoms with E-state index < -0.39 is 23.2 Å². The summed E-state index contributed by atoms with van der Waals surface area (Å²) in [4.78, 5) is 11.6. The quantitative estimate of drug-likeness (QED) is 0.690. The third-order valence-corrected chi connectivity index (χ3v) is 1.96. The second-order valence-electron chi connectivity index (χ2n) is 4.54. The molecule has 0 aliphatic heterocycles. The average Bonchev–Trinajstić information content (AvgIpc) is 2.11. The molecular weight excluding hydrogens is 214 g/mol. The molecule has 1 aromatic carbocycles. The summed E-state index contributed by atoms with van der Waals surface area (Å²) in [6, 6.07) is 2.14. The second kappa shape index (κ2) is 4.20. The molecule has 1 rings (SSSR count). The van der Waals surface area contributed by atoms with Gasteiger partial charge in [-0.15, -0.1) is 0 Å². The highest BCUT2D eigenvalue weighted by Crippen LogP contribution is 2.19. The number of rotatable bonds is 1. The summed E-state index contributed by atoms with van der Waals surface area (Å²) in [6.07, 6.45) is 0. The van der Waals surface area contributed by atoms with Crippen LogP contribution in [0, 0.1) is 18.6 Å². The molecule has 1 aromatic rings. The van der Waals surface area contributed by atoms with E-state index in [0.29, 0.717) is 0 Å². The van der Waals surface area contributed by atoms with Crippen LogP contribution in [-0.2, 0) is 4.74 Å². The molecule has 0 atom stereocenters. The molecule has 0 saturated heterocycles. The molecule has 88 valence electrons. The van der Waals surface area contributed by atoms with Crippen LogP contribution in [0.3, 0.4) is 0 Å². The minimum atomic E-state index is -1.01. The SMILES string of the molecule is Cc1c(C(=O)OC(C)(C)C)ccc(F)c1F. The normalized spacial score (nSPS) is 11.4. The lowest BCUT2D eigenvalue weighted by atomic mass is 10.1. The van der Waals surface area contributed by atoms with Crippen molar-refractivity contribution in [3.63, 3.8) is 0 Å². The van der Waals surface area contributed by atoms with E-state index in [1.807, 2.05) is 0 Å². The van der Waals surface area contributed by atoms with Crippen LogP contribution in [0.4, 0.5) is 8.78 Å². The Morgan fingerprint density at radius 3 is 2.31 bits per heavy atom. The zero-order valence-electron chi connectivity index (χ0n) is 9.73. The molecule has 0 aliphatic rings. The molecule has 0 heterocycles. The monoisotopic (exact) mass is 228 g/mol. The fraction of sp³-hybridized carbons (Fsp3) is 0.417.